The average molecular weight is 377 g/mol. The number of carbonyl (C=O) groups excluding carboxylic acids is 1. The van der Waals surface area contributed by atoms with Crippen LogP contribution >= 0.6 is 0 Å². The first-order chi connectivity index (χ1) is 12.4. The zero-order valence-electron chi connectivity index (χ0n) is 14.7. The molecule has 0 N–H and O–H groups in total. The second-order valence-electron chi connectivity index (χ2n) is 5.68. The van der Waals surface area contributed by atoms with Crippen LogP contribution in [0, 0.1) is 0 Å². The first-order valence-electron chi connectivity index (χ1n) is 7.91. The molecule has 2 aromatic rings. The number of ketones is 1. The Hall–Kier alpha value is -2.74. The van der Waals surface area contributed by atoms with Gasteiger partial charge in [-0.1, -0.05) is 0 Å². The molecule has 0 radical (unpaired) electrons. The molecule has 26 heavy (non-hydrogen) atoms. The summed E-state index contributed by atoms with van der Waals surface area (Å²) in [7, 11) is -1.09. The zero-order chi connectivity index (χ0) is 18.9. The van der Waals surface area contributed by atoms with Gasteiger partial charge in [-0.2, -0.15) is 0 Å². The molecule has 0 fully saturated rings. The number of carbonyl (C=O) groups is 1. The summed E-state index contributed by atoms with van der Waals surface area (Å²) in [5.74, 6) is 0.860. The van der Waals surface area contributed by atoms with Gasteiger partial charge in [-0.25, -0.2) is 8.42 Å². The van der Waals surface area contributed by atoms with Crippen molar-refractivity contribution in [2.45, 2.75) is 11.8 Å². The Morgan fingerprint density at radius 2 is 1.88 bits per heavy atom. The largest absolute Gasteiger partial charge is 0.497 e. The molecule has 7 nitrogen and oxygen atoms in total. The molecule has 0 aromatic heterocycles. The van der Waals surface area contributed by atoms with Crippen LogP contribution in [0.4, 0.5) is 5.69 Å². The molecular weight excluding hydrogens is 358 g/mol. The molecule has 8 heteroatoms. The SMILES string of the molecule is COc1ccc(OC)c(S(=O)(=O)N2CCOc3ccc(C(C)=O)cc32)c1. The van der Waals surface area contributed by atoms with Gasteiger partial charge in [0.15, 0.2) is 5.78 Å². The lowest BCUT2D eigenvalue weighted by molar-refractivity contribution is 0.101. The molecule has 0 saturated carbocycles. The minimum Gasteiger partial charge on any atom is -0.497 e. The van der Waals surface area contributed by atoms with Gasteiger partial charge in [0, 0.05) is 11.6 Å². The van der Waals surface area contributed by atoms with Crippen LogP contribution in [0.1, 0.15) is 17.3 Å². The highest BCUT2D eigenvalue weighted by molar-refractivity contribution is 7.93. The maximum atomic E-state index is 13.3. The van der Waals surface area contributed by atoms with Gasteiger partial charge in [0.05, 0.1) is 26.5 Å². The fourth-order valence-electron chi connectivity index (χ4n) is 2.77. The van der Waals surface area contributed by atoms with E-state index in [4.69, 9.17) is 14.2 Å². The van der Waals surface area contributed by atoms with E-state index < -0.39 is 10.0 Å². The van der Waals surface area contributed by atoms with Crippen molar-refractivity contribution in [2.75, 3.05) is 31.7 Å². The molecule has 0 unspecified atom stereocenters. The van der Waals surface area contributed by atoms with E-state index in [0.717, 1.165) is 0 Å². The number of ether oxygens (including phenoxy) is 3. The van der Waals surface area contributed by atoms with Crippen LogP contribution in [-0.2, 0) is 10.0 Å². The van der Waals surface area contributed by atoms with Crippen molar-refractivity contribution in [3.8, 4) is 17.2 Å². The molecule has 138 valence electrons. The summed E-state index contributed by atoms with van der Waals surface area (Å²) in [6.07, 6.45) is 0. The smallest absolute Gasteiger partial charge is 0.268 e. The number of rotatable bonds is 5. The van der Waals surface area contributed by atoms with E-state index in [9.17, 15) is 13.2 Å². The third-order valence-electron chi connectivity index (χ3n) is 4.12. The third kappa shape index (κ3) is 3.08. The van der Waals surface area contributed by atoms with Crippen LogP contribution in [0.3, 0.4) is 0 Å². The van der Waals surface area contributed by atoms with Crippen LogP contribution in [0.15, 0.2) is 41.3 Å². The Balaban J connectivity index is 2.16. The van der Waals surface area contributed by atoms with E-state index in [2.05, 4.69) is 0 Å². The quantitative estimate of drug-likeness (QED) is 0.745. The molecule has 0 atom stereocenters. The minimum absolute atomic E-state index is 0.0135. The molecule has 1 heterocycles. The van der Waals surface area contributed by atoms with Gasteiger partial charge in [0.1, 0.15) is 28.8 Å². The minimum atomic E-state index is -3.96. The summed E-state index contributed by atoms with van der Waals surface area (Å²) in [6, 6.07) is 9.33. The molecule has 2 aromatic carbocycles. The summed E-state index contributed by atoms with van der Waals surface area (Å²) in [6.45, 7) is 1.75. The standard InChI is InChI=1S/C18H19NO6S/c1-12(20)13-4-6-16-15(10-13)19(8-9-25-16)26(21,22)18-11-14(23-2)5-7-17(18)24-3/h4-7,10-11H,8-9H2,1-3H3. The second kappa shape index (κ2) is 6.87. The molecule has 0 aliphatic carbocycles. The number of Topliss-reactive ketones (excluding diaryl/α,β-unsaturated/α-hetero) is 1. The van der Waals surface area contributed by atoms with Crippen molar-refractivity contribution in [1.82, 2.24) is 0 Å². The van der Waals surface area contributed by atoms with Crippen LogP contribution in [0.2, 0.25) is 0 Å². The molecule has 1 aliphatic rings. The predicted octanol–water partition coefficient (Wildman–Crippen LogP) is 2.49. The van der Waals surface area contributed by atoms with Crippen molar-refractivity contribution in [2.24, 2.45) is 0 Å². The van der Waals surface area contributed by atoms with Crippen molar-refractivity contribution in [3.05, 3.63) is 42.0 Å². The monoisotopic (exact) mass is 377 g/mol. The number of nitrogens with zero attached hydrogens (tertiary/aromatic N) is 1. The van der Waals surface area contributed by atoms with Crippen LogP contribution in [0.25, 0.3) is 0 Å². The molecule has 1 aliphatic heterocycles. The van der Waals surface area contributed by atoms with Crippen molar-refractivity contribution < 1.29 is 27.4 Å². The van der Waals surface area contributed by atoms with Crippen molar-refractivity contribution in [1.29, 1.82) is 0 Å². The molecule has 3 rings (SSSR count). The van der Waals surface area contributed by atoms with Gasteiger partial charge in [-0.05, 0) is 37.3 Å². The van der Waals surface area contributed by atoms with Crippen LogP contribution < -0.4 is 18.5 Å². The highest BCUT2D eigenvalue weighted by Crippen LogP contribution is 2.39. The van der Waals surface area contributed by atoms with E-state index in [1.807, 2.05) is 0 Å². The molecule has 0 saturated heterocycles. The van der Waals surface area contributed by atoms with Crippen molar-refractivity contribution in [3.63, 3.8) is 0 Å². The summed E-state index contributed by atoms with van der Waals surface area (Å²) >= 11 is 0. The molecule has 0 bridgehead atoms. The number of hydrogen-bond donors (Lipinski definition) is 0. The zero-order valence-corrected chi connectivity index (χ0v) is 15.5. The number of anilines is 1. The van der Waals surface area contributed by atoms with E-state index in [1.165, 1.54) is 37.6 Å². The maximum Gasteiger partial charge on any atom is 0.268 e. The Bertz CT molecular complexity index is 954. The number of sulfonamides is 1. The Labute approximate surface area is 152 Å². The predicted molar refractivity (Wildman–Crippen MR) is 96.0 cm³/mol. The van der Waals surface area contributed by atoms with Crippen LogP contribution in [0.5, 0.6) is 17.2 Å². The second-order valence-corrected chi connectivity index (χ2v) is 7.51. The maximum absolute atomic E-state index is 13.3. The number of hydrogen-bond acceptors (Lipinski definition) is 6. The molecule has 0 spiro atoms. The van der Waals surface area contributed by atoms with Gasteiger partial charge in [-0.15, -0.1) is 0 Å². The molecule has 0 amide bonds. The van der Waals surface area contributed by atoms with E-state index >= 15 is 0 Å². The lowest BCUT2D eigenvalue weighted by Crippen LogP contribution is -2.38. The summed E-state index contributed by atoms with van der Waals surface area (Å²) in [5, 5.41) is 0. The first-order valence-corrected chi connectivity index (χ1v) is 9.35. The lowest BCUT2D eigenvalue weighted by Gasteiger charge is -2.31. The van der Waals surface area contributed by atoms with E-state index in [1.54, 1.807) is 24.3 Å². The Kier molecular flexibility index (Phi) is 4.78. The average Bonchev–Trinajstić information content (AvgIpc) is 2.66. The Morgan fingerprint density at radius 1 is 1.12 bits per heavy atom. The fraction of sp³-hybridized carbons (Fsp3) is 0.278. The third-order valence-corrected chi connectivity index (χ3v) is 5.96. The number of fused-ring (bicyclic) bond motifs is 1. The van der Waals surface area contributed by atoms with Gasteiger partial charge < -0.3 is 14.2 Å². The van der Waals surface area contributed by atoms with E-state index in [-0.39, 0.29) is 29.6 Å². The Morgan fingerprint density at radius 3 is 2.54 bits per heavy atom. The van der Waals surface area contributed by atoms with Crippen LogP contribution in [-0.4, -0.2) is 41.6 Å². The van der Waals surface area contributed by atoms with Gasteiger partial charge in [0.2, 0.25) is 0 Å². The fourth-order valence-corrected chi connectivity index (χ4v) is 4.39. The van der Waals surface area contributed by atoms with Gasteiger partial charge in [0.25, 0.3) is 10.0 Å². The normalized spacial score (nSPS) is 13.6. The topological polar surface area (TPSA) is 82.1 Å². The van der Waals surface area contributed by atoms with E-state index in [0.29, 0.717) is 22.7 Å². The summed E-state index contributed by atoms with van der Waals surface area (Å²) in [4.78, 5) is 11.7. The van der Waals surface area contributed by atoms with Gasteiger partial charge >= 0.3 is 0 Å². The van der Waals surface area contributed by atoms with Gasteiger partial charge in [-0.3, -0.25) is 9.10 Å². The highest BCUT2D eigenvalue weighted by Gasteiger charge is 2.33. The number of benzene rings is 2. The summed E-state index contributed by atoms with van der Waals surface area (Å²) in [5.41, 5.74) is 0.737. The first kappa shape index (κ1) is 18.1. The highest BCUT2D eigenvalue weighted by atomic mass is 32.2. The molecular formula is C18H19NO6S. The lowest BCUT2D eigenvalue weighted by atomic mass is 10.1. The number of methoxy groups -OCH3 is 2. The summed E-state index contributed by atoms with van der Waals surface area (Å²) < 4.78 is 43.8. The van der Waals surface area contributed by atoms with Crippen molar-refractivity contribution >= 4 is 21.5 Å².